The van der Waals surface area contributed by atoms with Gasteiger partial charge in [0.15, 0.2) is 0 Å². The van der Waals surface area contributed by atoms with Gasteiger partial charge in [0.1, 0.15) is 4.88 Å². The predicted octanol–water partition coefficient (Wildman–Crippen LogP) is 2.45. The summed E-state index contributed by atoms with van der Waals surface area (Å²) < 4.78 is 0. The van der Waals surface area contributed by atoms with Crippen molar-refractivity contribution in [2.45, 2.75) is 20.8 Å². The second kappa shape index (κ2) is 4.94. The number of nitrogens with one attached hydrogen (secondary N) is 1. The van der Waals surface area contributed by atoms with Crippen LogP contribution in [0.5, 0.6) is 0 Å². The van der Waals surface area contributed by atoms with Gasteiger partial charge in [-0.25, -0.2) is 4.98 Å². The molecule has 0 unspecified atom stereocenters. The Bertz CT molecular complexity index is 349. The molecule has 1 heterocycles. The van der Waals surface area contributed by atoms with E-state index < -0.39 is 0 Å². The molecule has 0 radical (unpaired) electrons. The lowest BCUT2D eigenvalue weighted by atomic mass is 9.96. The standard InChI is InChI=1S/C10H15ClN2OS/c1-7-12-4-8(15-7)9(14)13-6-10(2,3)5-11/h4H,5-6H2,1-3H3,(H,13,14). The molecule has 0 aliphatic carbocycles. The van der Waals surface area contributed by atoms with Gasteiger partial charge < -0.3 is 5.32 Å². The first-order valence-corrected chi connectivity index (χ1v) is 6.06. The van der Waals surface area contributed by atoms with Crippen LogP contribution in [0.15, 0.2) is 6.20 Å². The first-order valence-electron chi connectivity index (χ1n) is 4.71. The Kier molecular flexibility index (Phi) is 4.11. The minimum Gasteiger partial charge on any atom is -0.351 e. The minimum absolute atomic E-state index is 0.0706. The van der Waals surface area contributed by atoms with E-state index in [2.05, 4.69) is 10.3 Å². The number of hydrogen-bond acceptors (Lipinski definition) is 3. The van der Waals surface area contributed by atoms with E-state index >= 15 is 0 Å². The van der Waals surface area contributed by atoms with E-state index in [1.54, 1.807) is 6.20 Å². The van der Waals surface area contributed by atoms with Gasteiger partial charge in [-0.3, -0.25) is 4.79 Å². The number of carbonyl (C=O) groups excluding carboxylic acids is 1. The fraction of sp³-hybridized carbons (Fsp3) is 0.600. The molecule has 1 rings (SSSR count). The lowest BCUT2D eigenvalue weighted by molar-refractivity contribution is 0.0944. The number of halogens is 1. The largest absolute Gasteiger partial charge is 0.351 e. The zero-order chi connectivity index (χ0) is 11.5. The topological polar surface area (TPSA) is 42.0 Å². The summed E-state index contributed by atoms with van der Waals surface area (Å²) in [5, 5.41) is 3.75. The van der Waals surface area contributed by atoms with E-state index in [4.69, 9.17) is 11.6 Å². The summed E-state index contributed by atoms with van der Waals surface area (Å²) in [6, 6.07) is 0. The number of hydrogen-bond donors (Lipinski definition) is 1. The molecule has 0 aromatic carbocycles. The lowest BCUT2D eigenvalue weighted by Gasteiger charge is -2.21. The third kappa shape index (κ3) is 3.80. The number of aromatic nitrogens is 1. The summed E-state index contributed by atoms with van der Waals surface area (Å²) in [4.78, 5) is 16.3. The van der Waals surface area contributed by atoms with Gasteiger partial charge in [-0.05, 0) is 12.3 Å². The Labute approximate surface area is 98.9 Å². The minimum atomic E-state index is -0.0725. The van der Waals surface area contributed by atoms with Crippen LogP contribution in [0.3, 0.4) is 0 Å². The summed E-state index contributed by atoms with van der Waals surface area (Å²) in [7, 11) is 0. The predicted molar refractivity (Wildman–Crippen MR) is 63.7 cm³/mol. The van der Waals surface area contributed by atoms with Crippen LogP contribution in [0.4, 0.5) is 0 Å². The number of aryl methyl sites for hydroxylation is 1. The summed E-state index contributed by atoms with van der Waals surface area (Å²) in [6.45, 7) is 6.48. The maximum atomic E-state index is 11.6. The van der Waals surface area contributed by atoms with E-state index in [-0.39, 0.29) is 11.3 Å². The van der Waals surface area contributed by atoms with Gasteiger partial charge in [-0.2, -0.15) is 0 Å². The van der Waals surface area contributed by atoms with Gasteiger partial charge in [-0.15, -0.1) is 22.9 Å². The van der Waals surface area contributed by atoms with E-state index in [0.717, 1.165) is 5.01 Å². The molecule has 1 aromatic rings. The first-order chi connectivity index (χ1) is 6.94. The second-order valence-electron chi connectivity index (χ2n) is 4.22. The molecule has 0 bridgehead atoms. The van der Waals surface area contributed by atoms with Crippen molar-refractivity contribution in [3.8, 4) is 0 Å². The Balaban J connectivity index is 2.50. The molecular formula is C10H15ClN2OS. The average molecular weight is 247 g/mol. The van der Waals surface area contributed by atoms with Crippen LogP contribution in [0.2, 0.25) is 0 Å². The Morgan fingerprint density at radius 2 is 2.33 bits per heavy atom. The Hall–Kier alpha value is -0.610. The highest BCUT2D eigenvalue weighted by atomic mass is 35.5. The molecule has 3 nitrogen and oxygen atoms in total. The number of alkyl halides is 1. The van der Waals surface area contributed by atoms with Gasteiger partial charge >= 0.3 is 0 Å². The lowest BCUT2D eigenvalue weighted by Crippen LogP contribution is -2.34. The Morgan fingerprint density at radius 1 is 1.67 bits per heavy atom. The van der Waals surface area contributed by atoms with Gasteiger partial charge in [0.05, 0.1) is 11.2 Å². The van der Waals surface area contributed by atoms with Gasteiger partial charge in [-0.1, -0.05) is 13.8 Å². The fourth-order valence-corrected chi connectivity index (χ4v) is 1.71. The van der Waals surface area contributed by atoms with Crippen molar-refractivity contribution >= 4 is 28.8 Å². The highest BCUT2D eigenvalue weighted by molar-refractivity contribution is 7.13. The summed E-state index contributed by atoms with van der Waals surface area (Å²) in [5.41, 5.74) is -0.0725. The molecule has 0 saturated carbocycles. The molecule has 0 saturated heterocycles. The molecule has 1 amide bonds. The van der Waals surface area contributed by atoms with Crippen LogP contribution in [0.1, 0.15) is 28.5 Å². The molecular weight excluding hydrogens is 232 g/mol. The smallest absolute Gasteiger partial charge is 0.263 e. The van der Waals surface area contributed by atoms with Crippen molar-refractivity contribution in [1.29, 1.82) is 0 Å². The van der Waals surface area contributed by atoms with Crippen molar-refractivity contribution < 1.29 is 4.79 Å². The molecule has 84 valence electrons. The molecule has 0 spiro atoms. The average Bonchev–Trinajstić information content (AvgIpc) is 2.61. The van der Waals surface area contributed by atoms with Crippen molar-refractivity contribution in [2.24, 2.45) is 5.41 Å². The number of amides is 1. The van der Waals surface area contributed by atoms with Crippen LogP contribution < -0.4 is 5.32 Å². The molecule has 5 heteroatoms. The highest BCUT2D eigenvalue weighted by Gasteiger charge is 2.18. The van der Waals surface area contributed by atoms with Gasteiger partial charge in [0, 0.05) is 12.4 Å². The van der Waals surface area contributed by atoms with Gasteiger partial charge in [0.25, 0.3) is 5.91 Å². The zero-order valence-electron chi connectivity index (χ0n) is 9.13. The van der Waals surface area contributed by atoms with Crippen LogP contribution >= 0.6 is 22.9 Å². The second-order valence-corrected chi connectivity index (χ2v) is 5.73. The van der Waals surface area contributed by atoms with E-state index in [0.29, 0.717) is 17.3 Å². The van der Waals surface area contributed by atoms with Crippen LogP contribution in [0.25, 0.3) is 0 Å². The van der Waals surface area contributed by atoms with E-state index in [1.165, 1.54) is 11.3 Å². The number of nitrogens with zero attached hydrogens (tertiary/aromatic N) is 1. The Morgan fingerprint density at radius 3 is 2.80 bits per heavy atom. The fourth-order valence-electron chi connectivity index (χ4n) is 0.920. The number of carbonyl (C=O) groups is 1. The van der Waals surface area contributed by atoms with Crippen molar-refractivity contribution in [3.05, 3.63) is 16.1 Å². The van der Waals surface area contributed by atoms with E-state index in [9.17, 15) is 4.79 Å². The molecule has 0 aliphatic heterocycles. The van der Waals surface area contributed by atoms with Crippen LogP contribution in [-0.2, 0) is 0 Å². The molecule has 0 fully saturated rings. The molecule has 1 N–H and O–H groups in total. The summed E-state index contributed by atoms with van der Waals surface area (Å²) in [5.74, 6) is 0.452. The highest BCUT2D eigenvalue weighted by Crippen LogP contribution is 2.16. The number of rotatable bonds is 4. The quantitative estimate of drug-likeness (QED) is 0.830. The summed E-state index contributed by atoms with van der Waals surface area (Å²) >= 11 is 7.16. The molecule has 0 atom stereocenters. The van der Waals surface area contributed by atoms with Crippen molar-refractivity contribution in [3.63, 3.8) is 0 Å². The third-order valence-corrected chi connectivity index (χ3v) is 3.57. The third-order valence-electron chi connectivity index (χ3n) is 1.93. The van der Waals surface area contributed by atoms with Crippen LogP contribution in [0, 0.1) is 12.3 Å². The van der Waals surface area contributed by atoms with E-state index in [1.807, 2.05) is 20.8 Å². The zero-order valence-corrected chi connectivity index (χ0v) is 10.7. The maximum absolute atomic E-state index is 11.6. The van der Waals surface area contributed by atoms with Crippen molar-refractivity contribution in [2.75, 3.05) is 12.4 Å². The molecule has 15 heavy (non-hydrogen) atoms. The summed E-state index contributed by atoms with van der Waals surface area (Å²) in [6.07, 6.45) is 1.60. The number of thiazole rings is 1. The maximum Gasteiger partial charge on any atom is 0.263 e. The van der Waals surface area contributed by atoms with Crippen LogP contribution in [-0.4, -0.2) is 23.3 Å². The molecule has 1 aromatic heterocycles. The SMILES string of the molecule is Cc1ncc(C(=O)NCC(C)(C)CCl)s1. The first kappa shape index (κ1) is 12.5. The van der Waals surface area contributed by atoms with Gasteiger partial charge in [0.2, 0.25) is 0 Å². The normalized spacial score (nSPS) is 11.5. The molecule has 0 aliphatic rings. The van der Waals surface area contributed by atoms with Crippen molar-refractivity contribution in [1.82, 2.24) is 10.3 Å². The monoisotopic (exact) mass is 246 g/mol.